The standard InChI is InChI=1S/C8H7BrF3NO/c1-13-6-4-5(9)2-3-7(6)14-8(10,11)12/h2-4,13H,1H3. The van der Waals surface area contributed by atoms with Crippen molar-refractivity contribution >= 4 is 21.6 Å². The second-order valence-electron chi connectivity index (χ2n) is 2.44. The van der Waals surface area contributed by atoms with E-state index < -0.39 is 6.36 Å². The zero-order valence-corrected chi connectivity index (χ0v) is 8.74. The minimum atomic E-state index is -4.67. The number of alkyl halides is 3. The fourth-order valence-electron chi connectivity index (χ4n) is 0.911. The highest BCUT2D eigenvalue weighted by molar-refractivity contribution is 9.10. The summed E-state index contributed by atoms with van der Waals surface area (Å²) in [6.45, 7) is 0. The Hall–Kier alpha value is -0.910. The molecule has 0 aliphatic rings. The number of anilines is 1. The third-order valence-corrected chi connectivity index (χ3v) is 1.93. The summed E-state index contributed by atoms with van der Waals surface area (Å²) < 4.78 is 40.2. The summed E-state index contributed by atoms with van der Waals surface area (Å²) in [7, 11) is 1.52. The lowest BCUT2D eigenvalue weighted by Crippen LogP contribution is -2.17. The normalized spacial score (nSPS) is 11.2. The van der Waals surface area contributed by atoms with Crippen LogP contribution in [0.4, 0.5) is 18.9 Å². The first kappa shape index (κ1) is 11.2. The maximum Gasteiger partial charge on any atom is 0.573 e. The molecular weight excluding hydrogens is 263 g/mol. The molecule has 0 radical (unpaired) electrons. The summed E-state index contributed by atoms with van der Waals surface area (Å²) in [6, 6.07) is 4.21. The zero-order chi connectivity index (χ0) is 10.8. The number of hydrogen-bond donors (Lipinski definition) is 1. The summed E-state index contributed by atoms with van der Waals surface area (Å²) in [4.78, 5) is 0. The Bertz CT molecular complexity index is 327. The lowest BCUT2D eigenvalue weighted by atomic mass is 10.3. The molecule has 0 unspecified atom stereocenters. The first-order chi connectivity index (χ1) is 6.42. The van der Waals surface area contributed by atoms with E-state index in [1.807, 2.05) is 0 Å². The third-order valence-electron chi connectivity index (χ3n) is 1.44. The van der Waals surface area contributed by atoms with Crippen molar-refractivity contribution in [3.8, 4) is 5.75 Å². The van der Waals surface area contributed by atoms with E-state index in [9.17, 15) is 13.2 Å². The van der Waals surface area contributed by atoms with E-state index in [0.717, 1.165) is 0 Å². The van der Waals surface area contributed by atoms with Gasteiger partial charge in [-0.2, -0.15) is 0 Å². The van der Waals surface area contributed by atoms with Crippen molar-refractivity contribution in [2.45, 2.75) is 6.36 Å². The number of nitrogens with one attached hydrogen (secondary N) is 1. The molecule has 0 aromatic heterocycles. The molecule has 6 heteroatoms. The smallest absolute Gasteiger partial charge is 0.404 e. The van der Waals surface area contributed by atoms with Crippen LogP contribution in [-0.4, -0.2) is 13.4 Å². The van der Waals surface area contributed by atoms with E-state index in [1.54, 1.807) is 0 Å². The van der Waals surface area contributed by atoms with Gasteiger partial charge >= 0.3 is 6.36 Å². The SMILES string of the molecule is CNc1cc(Br)ccc1OC(F)(F)F. The molecule has 0 fully saturated rings. The quantitative estimate of drug-likeness (QED) is 0.889. The molecule has 78 valence electrons. The first-order valence-corrected chi connectivity index (χ1v) is 4.45. The molecule has 0 atom stereocenters. The number of benzene rings is 1. The zero-order valence-electron chi connectivity index (χ0n) is 7.15. The van der Waals surface area contributed by atoms with Gasteiger partial charge in [-0.3, -0.25) is 0 Å². The van der Waals surface area contributed by atoms with Crippen molar-refractivity contribution in [3.63, 3.8) is 0 Å². The van der Waals surface area contributed by atoms with Crippen molar-refractivity contribution in [1.29, 1.82) is 0 Å². The minimum Gasteiger partial charge on any atom is -0.404 e. The fourth-order valence-corrected chi connectivity index (χ4v) is 1.27. The van der Waals surface area contributed by atoms with Gasteiger partial charge in [-0.1, -0.05) is 15.9 Å². The van der Waals surface area contributed by atoms with E-state index in [1.165, 1.54) is 25.2 Å². The Morgan fingerprint density at radius 2 is 2.00 bits per heavy atom. The lowest BCUT2D eigenvalue weighted by molar-refractivity contribution is -0.274. The van der Waals surface area contributed by atoms with Crippen molar-refractivity contribution in [3.05, 3.63) is 22.7 Å². The number of halogens is 4. The van der Waals surface area contributed by atoms with Gasteiger partial charge in [0.2, 0.25) is 0 Å². The van der Waals surface area contributed by atoms with Crippen LogP contribution in [0.5, 0.6) is 5.75 Å². The van der Waals surface area contributed by atoms with Gasteiger partial charge in [-0.25, -0.2) is 0 Å². The summed E-state index contributed by atoms with van der Waals surface area (Å²) in [6.07, 6.45) is -4.67. The van der Waals surface area contributed by atoms with Gasteiger partial charge in [-0.05, 0) is 18.2 Å². The van der Waals surface area contributed by atoms with Gasteiger partial charge < -0.3 is 10.1 Å². The van der Waals surface area contributed by atoms with Gasteiger partial charge in [0, 0.05) is 11.5 Å². The van der Waals surface area contributed by atoms with E-state index in [2.05, 4.69) is 26.0 Å². The summed E-state index contributed by atoms with van der Waals surface area (Å²) in [5.41, 5.74) is 0.275. The summed E-state index contributed by atoms with van der Waals surface area (Å²) >= 11 is 3.14. The Labute approximate surface area is 87.2 Å². The van der Waals surface area contributed by atoms with Crippen LogP contribution in [0, 0.1) is 0 Å². The molecule has 0 heterocycles. The molecule has 1 rings (SSSR count). The van der Waals surface area contributed by atoms with Crippen molar-refractivity contribution < 1.29 is 17.9 Å². The predicted molar refractivity (Wildman–Crippen MR) is 50.4 cm³/mol. The fraction of sp³-hybridized carbons (Fsp3) is 0.250. The maximum atomic E-state index is 11.9. The average molecular weight is 270 g/mol. The minimum absolute atomic E-state index is 0.247. The van der Waals surface area contributed by atoms with Gasteiger partial charge in [0.05, 0.1) is 5.69 Å². The molecule has 0 saturated heterocycles. The predicted octanol–water partition coefficient (Wildman–Crippen LogP) is 3.39. The Balaban J connectivity index is 2.97. The Kier molecular flexibility index (Phi) is 3.25. The molecule has 0 spiro atoms. The van der Waals surface area contributed by atoms with Crippen LogP contribution >= 0.6 is 15.9 Å². The molecule has 0 bridgehead atoms. The molecule has 1 N–H and O–H groups in total. The number of rotatable bonds is 2. The highest BCUT2D eigenvalue weighted by atomic mass is 79.9. The molecule has 14 heavy (non-hydrogen) atoms. The largest absolute Gasteiger partial charge is 0.573 e. The molecule has 0 amide bonds. The van der Waals surface area contributed by atoms with Crippen LogP contribution in [0.3, 0.4) is 0 Å². The van der Waals surface area contributed by atoms with Crippen LogP contribution in [0.1, 0.15) is 0 Å². The Morgan fingerprint density at radius 1 is 1.36 bits per heavy atom. The van der Waals surface area contributed by atoms with Crippen molar-refractivity contribution in [2.24, 2.45) is 0 Å². The van der Waals surface area contributed by atoms with Crippen LogP contribution in [-0.2, 0) is 0 Å². The number of hydrogen-bond acceptors (Lipinski definition) is 2. The van der Waals surface area contributed by atoms with Crippen LogP contribution in [0.25, 0.3) is 0 Å². The topological polar surface area (TPSA) is 21.3 Å². The molecule has 0 aliphatic heterocycles. The van der Waals surface area contributed by atoms with E-state index in [0.29, 0.717) is 4.47 Å². The molecule has 1 aromatic rings. The summed E-state index contributed by atoms with van der Waals surface area (Å²) in [5, 5.41) is 2.60. The number of ether oxygens (including phenoxy) is 1. The van der Waals surface area contributed by atoms with E-state index >= 15 is 0 Å². The van der Waals surface area contributed by atoms with Crippen molar-refractivity contribution in [1.82, 2.24) is 0 Å². The molecule has 1 aromatic carbocycles. The highest BCUT2D eigenvalue weighted by Gasteiger charge is 2.32. The monoisotopic (exact) mass is 269 g/mol. The van der Waals surface area contributed by atoms with E-state index in [4.69, 9.17) is 0 Å². The molecule has 0 saturated carbocycles. The van der Waals surface area contributed by atoms with Crippen molar-refractivity contribution in [2.75, 3.05) is 12.4 Å². The molecule has 2 nitrogen and oxygen atoms in total. The highest BCUT2D eigenvalue weighted by Crippen LogP contribution is 2.32. The Morgan fingerprint density at radius 3 is 2.50 bits per heavy atom. The molecular formula is C8H7BrF3NO. The van der Waals surface area contributed by atoms with Gasteiger partial charge in [0.15, 0.2) is 5.75 Å². The third kappa shape index (κ3) is 3.10. The first-order valence-electron chi connectivity index (χ1n) is 3.65. The van der Waals surface area contributed by atoms with E-state index in [-0.39, 0.29) is 11.4 Å². The lowest BCUT2D eigenvalue weighted by Gasteiger charge is -2.12. The average Bonchev–Trinajstić information content (AvgIpc) is 2.06. The van der Waals surface area contributed by atoms with Gasteiger partial charge in [-0.15, -0.1) is 13.2 Å². The molecule has 0 aliphatic carbocycles. The van der Waals surface area contributed by atoms with Crippen LogP contribution in [0.15, 0.2) is 22.7 Å². The second-order valence-corrected chi connectivity index (χ2v) is 3.35. The van der Waals surface area contributed by atoms with Crippen LogP contribution in [0.2, 0.25) is 0 Å². The summed E-state index contributed by atoms with van der Waals surface area (Å²) in [5.74, 6) is -0.247. The maximum absolute atomic E-state index is 11.9. The van der Waals surface area contributed by atoms with Gasteiger partial charge in [0.25, 0.3) is 0 Å². The van der Waals surface area contributed by atoms with Crippen LogP contribution < -0.4 is 10.1 Å². The van der Waals surface area contributed by atoms with Gasteiger partial charge in [0.1, 0.15) is 0 Å². The second kappa shape index (κ2) is 4.08.